The molecule has 1 fully saturated rings. The number of para-hydroxylation sites is 1. The molecule has 0 saturated carbocycles. The van der Waals surface area contributed by atoms with Gasteiger partial charge in [0.05, 0.1) is 13.1 Å². The van der Waals surface area contributed by atoms with Crippen molar-refractivity contribution >= 4 is 11.6 Å². The average molecular weight is 303 g/mol. The van der Waals surface area contributed by atoms with Crippen molar-refractivity contribution in [3.05, 3.63) is 29.8 Å². The second kappa shape index (κ2) is 8.33. The number of hydrogen-bond acceptors (Lipinski definition) is 1. The van der Waals surface area contributed by atoms with Gasteiger partial charge in [-0.25, -0.2) is 0 Å². The molecule has 2 N–H and O–H groups in total. The molecule has 1 aliphatic rings. The van der Waals surface area contributed by atoms with Gasteiger partial charge < -0.3 is 10.2 Å². The van der Waals surface area contributed by atoms with Crippen LogP contribution in [0, 0.1) is 0 Å². The van der Waals surface area contributed by atoms with Gasteiger partial charge >= 0.3 is 0 Å². The summed E-state index contributed by atoms with van der Waals surface area (Å²) in [5, 5.41) is 3.17. The molecule has 0 radical (unpaired) electrons. The van der Waals surface area contributed by atoms with Gasteiger partial charge in [0.1, 0.15) is 0 Å². The van der Waals surface area contributed by atoms with Crippen molar-refractivity contribution in [2.24, 2.45) is 0 Å². The van der Waals surface area contributed by atoms with Crippen molar-refractivity contribution in [1.82, 2.24) is 0 Å². The van der Waals surface area contributed by atoms with E-state index >= 15 is 0 Å². The van der Waals surface area contributed by atoms with E-state index in [1.807, 2.05) is 18.2 Å². The second-order valence-corrected chi connectivity index (χ2v) is 6.88. The lowest BCUT2D eigenvalue weighted by molar-refractivity contribution is -0.914. The molecule has 0 aliphatic carbocycles. The van der Waals surface area contributed by atoms with E-state index in [0.29, 0.717) is 5.92 Å². The van der Waals surface area contributed by atoms with Crippen molar-refractivity contribution < 1.29 is 9.69 Å². The minimum atomic E-state index is 0.0262. The minimum Gasteiger partial charge on any atom is -0.325 e. The average Bonchev–Trinajstić information content (AvgIpc) is 2.46. The highest BCUT2D eigenvalue weighted by atomic mass is 16.2. The highest BCUT2D eigenvalue weighted by Gasteiger charge is 2.25. The van der Waals surface area contributed by atoms with Gasteiger partial charge in [0.25, 0.3) is 5.91 Å². The predicted octanol–water partition coefficient (Wildman–Crippen LogP) is 2.99. The zero-order valence-electron chi connectivity index (χ0n) is 14.3. The van der Waals surface area contributed by atoms with Gasteiger partial charge in [0.2, 0.25) is 0 Å². The van der Waals surface area contributed by atoms with Crippen molar-refractivity contribution in [2.75, 3.05) is 18.4 Å². The Morgan fingerprint density at radius 3 is 2.23 bits per heavy atom. The summed E-state index contributed by atoms with van der Waals surface area (Å²) in [6.45, 7) is 8.65. The zero-order chi connectivity index (χ0) is 15.9. The molecule has 1 aromatic rings. The summed E-state index contributed by atoms with van der Waals surface area (Å²) < 4.78 is 0. The lowest BCUT2D eigenvalue weighted by Crippen LogP contribution is -3.16. The van der Waals surface area contributed by atoms with E-state index in [9.17, 15) is 4.79 Å². The number of amides is 1. The SMILES string of the molecule is CC(C)c1ccccc1NC(=O)[C@@H](C)[NH+]1CCCCCCC1. The summed E-state index contributed by atoms with van der Waals surface area (Å²) in [4.78, 5) is 14.1. The van der Waals surface area contributed by atoms with Crippen LogP contribution < -0.4 is 10.2 Å². The maximum absolute atomic E-state index is 12.7. The number of anilines is 1. The highest BCUT2D eigenvalue weighted by molar-refractivity contribution is 5.94. The van der Waals surface area contributed by atoms with Gasteiger partial charge in [-0.05, 0) is 50.2 Å². The Bertz CT molecular complexity index is 476. The van der Waals surface area contributed by atoms with Crippen LogP contribution in [-0.4, -0.2) is 25.0 Å². The normalized spacial score (nSPS) is 18.5. The molecule has 3 nitrogen and oxygen atoms in total. The lowest BCUT2D eigenvalue weighted by atomic mass is 10.0. The number of likely N-dealkylation sites (tertiary alicyclic amines) is 1. The second-order valence-electron chi connectivity index (χ2n) is 6.88. The molecule has 3 heteroatoms. The zero-order valence-corrected chi connectivity index (χ0v) is 14.3. The van der Waals surface area contributed by atoms with Crippen LogP contribution in [0.1, 0.15) is 64.4 Å². The van der Waals surface area contributed by atoms with E-state index in [4.69, 9.17) is 0 Å². The molecule has 0 unspecified atom stereocenters. The number of hydrogen-bond donors (Lipinski definition) is 2. The van der Waals surface area contributed by atoms with Crippen LogP contribution in [0.25, 0.3) is 0 Å². The van der Waals surface area contributed by atoms with Gasteiger partial charge in [0, 0.05) is 5.69 Å². The lowest BCUT2D eigenvalue weighted by Gasteiger charge is -2.27. The minimum absolute atomic E-state index is 0.0262. The van der Waals surface area contributed by atoms with Crippen LogP contribution in [0.4, 0.5) is 5.69 Å². The first-order valence-electron chi connectivity index (χ1n) is 8.84. The van der Waals surface area contributed by atoms with E-state index in [2.05, 4.69) is 32.2 Å². The fourth-order valence-electron chi connectivity index (χ4n) is 3.33. The van der Waals surface area contributed by atoms with Crippen LogP contribution in [0.2, 0.25) is 0 Å². The number of carbonyl (C=O) groups is 1. The van der Waals surface area contributed by atoms with Crippen LogP contribution in [0.15, 0.2) is 24.3 Å². The molecule has 1 atom stereocenters. The predicted molar refractivity (Wildman–Crippen MR) is 92.4 cm³/mol. The van der Waals surface area contributed by atoms with Crippen molar-refractivity contribution in [3.8, 4) is 0 Å². The summed E-state index contributed by atoms with van der Waals surface area (Å²) >= 11 is 0. The Labute approximate surface area is 135 Å². The third kappa shape index (κ3) is 4.57. The quantitative estimate of drug-likeness (QED) is 0.881. The van der Waals surface area contributed by atoms with Crippen molar-refractivity contribution in [3.63, 3.8) is 0 Å². The number of nitrogens with one attached hydrogen (secondary N) is 2. The van der Waals surface area contributed by atoms with E-state index in [-0.39, 0.29) is 11.9 Å². The number of carbonyl (C=O) groups excluding carboxylic acids is 1. The van der Waals surface area contributed by atoms with Gasteiger partial charge in [-0.2, -0.15) is 0 Å². The first-order valence-corrected chi connectivity index (χ1v) is 8.84. The molecule has 0 bridgehead atoms. The van der Waals surface area contributed by atoms with Gasteiger partial charge in [-0.15, -0.1) is 0 Å². The maximum atomic E-state index is 12.7. The highest BCUT2D eigenvalue weighted by Crippen LogP contribution is 2.23. The van der Waals surface area contributed by atoms with Crippen molar-refractivity contribution in [2.45, 2.75) is 64.8 Å². The molecule has 1 aromatic carbocycles. The maximum Gasteiger partial charge on any atom is 0.282 e. The third-order valence-corrected chi connectivity index (χ3v) is 4.84. The number of quaternary nitrogens is 1. The summed E-state index contributed by atoms with van der Waals surface area (Å²) in [6, 6.07) is 8.18. The Balaban J connectivity index is 2.01. The molecule has 1 amide bonds. The molecule has 122 valence electrons. The summed E-state index contributed by atoms with van der Waals surface area (Å²) in [5.74, 6) is 0.574. The molecule has 1 saturated heterocycles. The fourth-order valence-corrected chi connectivity index (χ4v) is 3.33. The molecule has 2 rings (SSSR count). The molecule has 1 aliphatic heterocycles. The molecule has 22 heavy (non-hydrogen) atoms. The Morgan fingerprint density at radius 1 is 1.00 bits per heavy atom. The molecule has 0 aromatic heterocycles. The standard InChI is InChI=1S/C19H30N2O/c1-15(2)17-11-7-8-12-18(17)20-19(22)16(3)21-13-9-5-4-6-10-14-21/h7-8,11-12,15-16H,4-6,9-10,13-14H2,1-3H3,(H,20,22)/p+1/t16-/m1/s1. The first kappa shape index (κ1) is 17.0. The van der Waals surface area contributed by atoms with Crippen LogP contribution >= 0.6 is 0 Å². The smallest absolute Gasteiger partial charge is 0.282 e. The third-order valence-electron chi connectivity index (χ3n) is 4.84. The van der Waals surface area contributed by atoms with Crippen LogP contribution in [0.3, 0.4) is 0 Å². The van der Waals surface area contributed by atoms with Gasteiger partial charge in [-0.1, -0.05) is 38.5 Å². The van der Waals surface area contributed by atoms with Gasteiger partial charge in [0.15, 0.2) is 6.04 Å². The number of benzene rings is 1. The summed E-state index contributed by atoms with van der Waals surface area (Å²) in [6.07, 6.45) is 6.47. The Morgan fingerprint density at radius 2 is 1.59 bits per heavy atom. The fraction of sp³-hybridized carbons (Fsp3) is 0.632. The van der Waals surface area contributed by atoms with E-state index < -0.39 is 0 Å². The van der Waals surface area contributed by atoms with Crippen LogP contribution in [0.5, 0.6) is 0 Å². The molecular formula is C19H31N2O+. The largest absolute Gasteiger partial charge is 0.325 e. The molecule has 0 spiro atoms. The summed E-state index contributed by atoms with van der Waals surface area (Å²) in [5.41, 5.74) is 2.19. The van der Waals surface area contributed by atoms with Gasteiger partial charge in [-0.3, -0.25) is 4.79 Å². The molecule has 1 heterocycles. The summed E-state index contributed by atoms with van der Waals surface area (Å²) in [7, 11) is 0. The van der Waals surface area contributed by atoms with Crippen molar-refractivity contribution in [1.29, 1.82) is 0 Å². The molecular weight excluding hydrogens is 272 g/mol. The topological polar surface area (TPSA) is 33.5 Å². The van der Waals surface area contributed by atoms with E-state index in [1.54, 1.807) is 0 Å². The Hall–Kier alpha value is -1.35. The van der Waals surface area contributed by atoms with Crippen LogP contribution in [-0.2, 0) is 4.79 Å². The first-order chi connectivity index (χ1) is 10.6. The van der Waals surface area contributed by atoms with E-state index in [0.717, 1.165) is 18.8 Å². The number of rotatable bonds is 4. The van der Waals surface area contributed by atoms with E-state index in [1.165, 1.54) is 42.6 Å². The Kier molecular flexibility index (Phi) is 6.44. The monoisotopic (exact) mass is 303 g/mol.